The van der Waals surface area contributed by atoms with E-state index in [4.69, 9.17) is 10.2 Å². The number of anilines is 2. The third kappa shape index (κ3) is 2.37. The molecule has 0 atom stereocenters. The van der Waals surface area contributed by atoms with Gasteiger partial charge in [-0.3, -0.25) is 14.9 Å². The number of nitro benzene ring substituents is 1. The minimum absolute atomic E-state index is 0.0842. The highest BCUT2D eigenvalue weighted by Crippen LogP contribution is 2.28. The lowest BCUT2D eigenvalue weighted by molar-refractivity contribution is -0.383. The summed E-state index contributed by atoms with van der Waals surface area (Å²) < 4.78 is 4.94. The van der Waals surface area contributed by atoms with Gasteiger partial charge in [0, 0.05) is 24.4 Å². The number of rotatable bonds is 2. The van der Waals surface area contributed by atoms with Crippen LogP contribution in [0.5, 0.6) is 0 Å². The molecule has 0 aliphatic carbocycles. The highest BCUT2D eigenvalue weighted by molar-refractivity contribution is 5.92. The number of hydrogen-bond donors (Lipinski definition) is 2. The standard InChI is InChI=1S/C11H9N3O5/c1-5(15)13-8-2-6-3-9(14(17)18)7(12)4-10(6)19-11(8)16/h2-4H,12H2,1H3,(H,13,15). The third-order valence-electron chi connectivity index (χ3n) is 2.39. The Morgan fingerprint density at radius 2 is 2.11 bits per heavy atom. The van der Waals surface area contributed by atoms with Gasteiger partial charge in [0.2, 0.25) is 5.91 Å². The molecule has 0 saturated heterocycles. The Morgan fingerprint density at radius 3 is 2.68 bits per heavy atom. The molecule has 2 aromatic rings. The molecule has 19 heavy (non-hydrogen) atoms. The van der Waals surface area contributed by atoms with Crippen LogP contribution in [0.3, 0.4) is 0 Å². The van der Waals surface area contributed by atoms with Crippen LogP contribution < -0.4 is 16.7 Å². The number of nitrogens with two attached hydrogens (primary N) is 1. The minimum atomic E-state index is -0.754. The lowest BCUT2D eigenvalue weighted by atomic mass is 10.2. The quantitative estimate of drug-likeness (QED) is 0.363. The summed E-state index contributed by atoms with van der Waals surface area (Å²) >= 11 is 0. The number of nitro groups is 1. The molecule has 0 bridgehead atoms. The monoisotopic (exact) mass is 263 g/mol. The molecule has 0 spiro atoms. The van der Waals surface area contributed by atoms with Crippen molar-refractivity contribution in [1.29, 1.82) is 0 Å². The first kappa shape index (κ1) is 12.6. The first-order valence-electron chi connectivity index (χ1n) is 5.18. The lowest BCUT2D eigenvalue weighted by Gasteiger charge is -2.03. The molecule has 98 valence electrons. The topological polar surface area (TPSA) is 128 Å². The average molecular weight is 263 g/mol. The van der Waals surface area contributed by atoms with Gasteiger partial charge in [0.15, 0.2) is 0 Å². The van der Waals surface area contributed by atoms with E-state index >= 15 is 0 Å². The van der Waals surface area contributed by atoms with Gasteiger partial charge in [-0.25, -0.2) is 4.79 Å². The van der Waals surface area contributed by atoms with Gasteiger partial charge in [-0.1, -0.05) is 0 Å². The van der Waals surface area contributed by atoms with E-state index in [9.17, 15) is 19.7 Å². The number of nitrogens with one attached hydrogen (secondary N) is 1. The van der Waals surface area contributed by atoms with Gasteiger partial charge in [-0.2, -0.15) is 0 Å². The molecule has 8 heteroatoms. The van der Waals surface area contributed by atoms with Crippen LogP contribution >= 0.6 is 0 Å². The number of carbonyl (C=O) groups excluding carboxylic acids is 1. The third-order valence-corrected chi connectivity index (χ3v) is 2.39. The Kier molecular flexibility index (Phi) is 2.91. The first-order valence-corrected chi connectivity index (χ1v) is 5.18. The highest BCUT2D eigenvalue weighted by atomic mass is 16.6. The Hall–Kier alpha value is -2.90. The average Bonchev–Trinajstić information content (AvgIpc) is 2.29. The van der Waals surface area contributed by atoms with Crippen molar-refractivity contribution >= 4 is 33.9 Å². The van der Waals surface area contributed by atoms with Gasteiger partial charge in [0.1, 0.15) is 17.0 Å². The summed E-state index contributed by atoms with van der Waals surface area (Å²) in [5.41, 5.74) is 4.36. The molecule has 0 unspecified atom stereocenters. The SMILES string of the molecule is CC(=O)Nc1cc2cc([N+](=O)[O-])c(N)cc2oc1=O. The number of nitrogens with zero attached hydrogens (tertiary/aromatic N) is 1. The summed E-state index contributed by atoms with van der Waals surface area (Å²) in [6.07, 6.45) is 0. The van der Waals surface area contributed by atoms with E-state index in [1.807, 2.05) is 0 Å². The molecular weight excluding hydrogens is 254 g/mol. The van der Waals surface area contributed by atoms with E-state index in [1.165, 1.54) is 25.1 Å². The summed E-state index contributed by atoms with van der Waals surface area (Å²) in [4.78, 5) is 32.6. The summed E-state index contributed by atoms with van der Waals surface area (Å²) in [6.45, 7) is 1.23. The molecule has 0 saturated carbocycles. The van der Waals surface area contributed by atoms with Crippen LogP contribution in [0.1, 0.15) is 6.92 Å². The number of fused-ring (bicyclic) bond motifs is 1. The Bertz CT molecular complexity index is 750. The fourth-order valence-electron chi connectivity index (χ4n) is 1.61. The summed E-state index contributed by atoms with van der Waals surface area (Å²) in [7, 11) is 0. The van der Waals surface area contributed by atoms with E-state index in [1.54, 1.807) is 0 Å². The number of carbonyl (C=O) groups is 1. The van der Waals surface area contributed by atoms with Crippen molar-refractivity contribution in [3.05, 3.63) is 38.7 Å². The molecule has 0 fully saturated rings. The Morgan fingerprint density at radius 1 is 1.42 bits per heavy atom. The van der Waals surface area contributed by atoms with Crippen LogP contribution in [-0.2, 0) is 4.79 Å². The zero-order valence-electron chi connectivity index (χ0n) is 9.80. The maximum atomic E-state index is 11.5. The zero-order chi connectivity index (χ0) is 14.2. The maximum Gasteiger partial charge on any atom is 0.360 e. The highest BCUT2D eigenvalue weighted by Gasteiger charge is 2.15. The number of benzene rings is 1. The molecule has 1 amide bonds. The van der Waals surface area contributed by atoms with E-state index < -0.39 is 16.5 Å². The lowest BCUT2D eigenvalue weighted by Crippen LogP contribution is -2.14. The predicted octanol–water partition coefficient (Wildman–Crippen LogP) is 1.24. The van der Waals surface area contributed by atoms with E-state index in [2.05, 4.69) is 5.32 Å². The molecule has 3 N–H and O–H groups in total. The molecule has 1 aromatic carbocycles. The molecule has 0 aliphatic rings. The number of hydrogen-bond acceptors (Lipinski definition) is 6. The summed E-state index contributed by atoms with van der Waals surface area (Å²) in [5, 5.41) is 13.3. The van der Waals surface area contributed by atoms with Gasteiger partial charge in [0.25, 0.3) is 5.69 Å². The maximum absolute atomic E-state index is 11.5. The van der Waals surface area contributed by atoms with Gasteiger partial charge in [-0.05, 0) is 6.07 Å². The van der Waals surface area contributed by atoms with E-state index in [-0.39, 0.29) is 22.6 Å². The molecule has 1 aromatic heterocycles. The summed E-state index contributed by atoms with van der Waals surface area (Å²) in [5.74, 6) is -0.448. The van der Waals surface area contributed by atoms with E-state index in [0.29, 0.717) is 5.39 Å². The van der Waals surface area contributed by atoms with Crippen LogP contribution in [0, 0.1) is 10.1 Å². The van der Waals surface area contributed by atoms with Gasteiger partial charge in [0.05, 0.1) is 4.92 Å². The minimum Gasteiger partial charge on any atom is -0.421 e. The van der Waals surface area contributed by atoms with Crippen LogP contribution in [0.25, 0.3) is 11.0 Å². The Labute approximate surface area is 106 Å². The zero-order valence-corrected chi connectivity index (χ0v) is 9.80. The van der Waals surface area contributed by atoms with Gasteiger partial charge >= 0.3 is 5.63 Å². The van der Waals surface area contributed by atoms with Crippen molar-refractivity contribution < 1.29 is 14.1 Å². The second-order valence-electron chi connectivity index (χ2n) is 3.83. The van der Waals surface area contributed by atoms with Crippen molar-refractivity contribution in [2.75, 3.05) is 11.1 Å². The van der Waals surface area contributed by atoms with Crippen LogP contribution in [0.2, 0.25) is 0 Å². The normalized spacial score (nSPS) is 10.4. The van der Waals surface area contributed by atoms with Crippen molar-refractivity contribution in [2.24, 2.45) is 0 Å². The van der Waals surface area contributed by atoms with Crippen LogP contribution in [0.15, 0.2) is 27.4 Å². The Balaban J connectivity index is 2.70. The van der Waals surface area contributed by atoms with Crippen molar-refractivity contribution in [3.8, 4) is 0 Å². The van der Waals surface area contributed by atoms with Crippen molar-refractivity contribution in [3.63, 3.8) is 0 Å². The number of nitrogen functional groups attached to an aromatic ring is 1. The van der Waals surface area contributed by atoms with Crippen LogP contribution in [0.4, 0.5) is 17.1 Å². The van der Waals surface area contributed by atoms with E-state index in [0.717, 1.165) is 0 Å². The second kappa shape index (κ2) is 4.41. The van der Waals surface area contributed by atoms with Gasteiger partial charge < -0.3 is 15.5 Å². The molecule has 0 radical (unpaired) electrons. The van der Waals surface area contributed by atoms with Crippen LogP contribution in [-0.4, -0.2) is 10.8 Å². The smallest absolute Gasteiger partial charge is 0.360 e. The fraction of sp³-hybridized carbons (Fsp3) is 0.0909. The predicted molar refractivity (Wildman–Crippen MR) is 67.9 cm³/mol. The molecule has 0 aliphatic heterocycles. The first-order chi connectivity index (χ1) is 8.88. The molecule has 2 rings (SSSR count). The fourth-order valence-corrected chi connectivity index (χ4v) is 1.61. The molecular formula is C11H9N3O5. The van der Waals surface area contributed by atoms with Crippen molar-refractivity contribution in [1.82, 2.24) is 0 Å². The van der Waals surface area contributed by atoms with Crippen molar-refractivity contribution in [2.45, 2.75) is 6.92 Å². The second-order valence-corrected chi connectivity index (χ2v) is 3.83. The molecule has 8 nitrogen and oxygen atoms in total. The largest absolute Gasteiger partial charge is 0.421 e. The summed E-state index contributed by atoms with van der Waals surface area (Å²) in [6, 6.07) is 3.68. The number of amides is 1. The molecule has 1 heterocycles. The van der Waals surface area contributed by atoms with Gasteiger partial charge in [-0.15, -0.1) is 0 Å².